The smallest absolute Gasteiger partial charge is 0.380 e. The van der Waals surface area contributed by atoms with E-state index in [4.69, 9.17) is 16.3 Å². The van der Waals surface area contributed by atoms with Crippen LogP contribution in [0.2, 0.25) is 5.02 Å². The Hall–Kier alpha value is -16.3. The molecule has 0 aliphatic heterocycles. The van der Waals surface area contributed by atoms with E-state index in [0.29, 0.717) is 84.8 Å². The van der Waals surface area contributed by atoms with Gasteiger partial charge in [-0.2, -0.15) is 26.3 Å². The molecule has 150 heavy (non-hydrogen) atoms. The van der Waals surface area contributed by atoms with Gasteiger partial charge in [0.25, 0.3) is 0 Å². The van der Waals surface area contributed by atoms with Gasteiger partial charge in [-0.05, 0) is 293 Å². The first-order valence-electron chi connectivity index (χ1n) is 50.5. The zero-order chi connectivity index (χ0) is 104. The van der Waals surface area contributed by atoms with Crippen LogP contribution in [0.5, 0.6) is 0 Å². The molecule has 742 valence electrons. The molecule has 0 fully saturated rings. The molecule has 0 aromatic heterocycles. The Balaban J connectivity index is 1.05. The van der Waals surface area contributed by atoms with Crippen molar-refractivity contribution >= 4 is 75.9 Å². The van der Waals surface area contributed by atoms with E-state index in [9.17, 15) is 0 Å². The van der Waals surface area contributed by atoms with E-state index in [0.717, 1.165) is 155 Å². The van der Waals surface area contributed by atoms with Crippen molar-refractivity contribution in [2.45, 2.75) is 89.6 Å². The second kappa shape index (κ2) is 45.6. The van der Waals surface area contributed by atoms with Gasteiger partial charge in [0.1, 0.15) is 23.3 Å². The molecule has 1 aliphatic rings. The molecular formula is C138H107ClF10O. The summed E-state index contributed by atoms with van der Waals surface area (Å²) in [5, 5.41) is 0.557. The summed E-state index contributed by atoms with van der Waals surface area (Å²) in [6.45, 7) is 11.2. The number of methoxy groups -OCH3 is 1. The third-order valence-electron chi connectivity index (χ3n) is 28.5. The van der Waals surface area contributed by atoms with E-state index in [-0.39, 0.29) is 35.2 Å². The highest BCUT2D eigenvalue weighted by Crippen LogP contribution is 2.70. The number of unbranched alkanes of at least 4 members (excludes halogenated alkanes) is 4. The number of ether oxygens (including phenoxy) is 1. The summed E-state index contributed by atoms with van der Waals surface area (Å²) in [5.41, 5.74) is 18.9. The number of alkyl halides is 6. The van der Waals surface area contributed by atoms with Gasteiger partial charge in [-0.1, -0.05) is 453 Å². The van der Waals surface area contributed by atoms with Crippen molar-refractivity contribution in [1.82, 2.24) is 0 Å². The molecule has 0 amide bonds. The minimum Gasteiger partial charge on any atom is -0.380 e. The summed E-state index contributed by atoms with van der Waals surface area (Å²) in [5.74, 6) is -3.91. The van der Waals surface area contributed by atoms with Crippen LogP contribution in [0.1, 0.15) is 159 Å². The topological polar surface area (TPSA) is 9.23 Å². The van der Waals surface area contributed by atoms with E-state index in [1.54, 1.807) is 55.6 Å². The standard InChI is InChI=1S/C138H107ClF10O/c1-6-7-8-9-10-13-29-94-46-54-106(55-47-94)128-124(104-52-44-97(45-53-104)42-43-98-32-23-35-119(140)82-98)88-125(105-66-64-103(65-67-105)122-38-20-21-39-126(122)142)129(107-70-62-100(63-71-107)101-74-79-118(139)80-75-101)133(128)135-132(109-58-48-95(49-59-109)31-22-30-92-25-14-11-15-26-92)130(108-56-50-96(51-57-108)41-40-93-27-16-12-17-28-93)131(110-68-60-99(61-69-110)91(4)114-83-116(137(144,145)146)87-117(84-114)138(147,148)149)134(123-81-76-112(86-127(123)143)111-34-24-36-120(141)85-111)136(135,90(2)3)115-77-72-102(73-78-115)121-37-19-18-33-113(121)89-150-5/h11-29,31-88,90,135H,4,6-10,30,89H2,1-3,5H3/b29-13+,31-22+,41-40+,43-42+. The van der Waals surface area contributed by atoms with E-state index in [1.165, 1.54) is 36.4 Å². The molecule has 2 atom stereocenters. The highest BCUT2D eigenvalue weighted by atomic mass is 35.5. The Labute approximate surface area is 876 Å². The van der Waals surface area contributed by atoms with Crippen LogP contribution in [0.15, 0.2) is 437 Å². The molecule has 0 radical (unpaired) electrons. The fourth-order valence-corrected chi connectivity index (χ4v) is 21.3. The molecule has 18 aromatic carbocycles. The molecule has 19 rings (SSSR count). The summed E-state index contributed by atoms with van der Waals surface area (Å²) in [6, 6.07) is 130. The van der Waals surface area contributed by atoms with Crippen molar-refractivity contribution in [2.24, 2.45) is 5.92 Å². The highest BCUT2D eigenvalue weighted by molar-refractivity contribution is 6.30. The third-order valence-corrected chi connectivity index (χ3v) is 28.8. The second-order valence-electron chi connectivity index (χ2n) is 38.5. The maximum absolute atomic E-state index is 20.9. The molecule has 0 saturated carbocycles. The fraction of sp³-hybridized carbons (Fsp3) is 0.116. The lowest BCUT2D eigenvalue weighted by Gasteiger charge is -2.54. The van der Waals surface area contributed by atoms with Crippen LogP contribution < -0.4 is 0 Å². The van der Waals surface area contributed by atoms with Gasteiger partial charge in [0, 0.05) is 34.6 Å². The summed E-state index contributed by atoms with van der Waals surface area (Å²) >= 11 is 6.75. The number of hydrogen-bond donors (Lipinski definition) is 0. The number of halogens is 11. The van der Waals surface area contributed by atoms with Crippen molar-refractivity contribution < 1.29 is 48.6 Å². The number of hydrogen-bond acceptors (Lipinski definition) is 1. The lowest BCUT2D eigenvalue weighted by molar-refractivity contribution is -0.143. The van der Waals surface area contributed by atoms with Crippen LogP contribution in [0.25, 0.3) is 153 Å². The van der Waals surface area contributed by atoms with Crippen LogP contribution in [-0.4, -0.2) is 7.11 Å². The van der Waals surface area contributed by atoms with Crippen LogP contribution in [0.3, 0.4) is 0 Å². The Morgan fingerprint density at radius 1 is 0.353 bits per heavy atom. The maximum atomic E-state index is 20.9. The minimum absolute atomic E-state index is 0.102. The Bertz CT molecular complexity index is 8060. The molecule has 2 unspecified atom stereocenters. The van der Waals surface area contributed by atoms with Gasteiger partial charge in [0.15, 0.2) is 0 Å². The van der Waals surface area contributed by atoms with Crippen LogP contribution in [-0.2, 0) is 35.5 Å². The lowest BCUT2D eigenvalue weighted by atomic mass is 9.48. The molecule has 0 N–H and O–H groups in total. The summed E-state index contributed by atoms with van der Waals surface area (Å²) in [4.78, 5) is 0. The predicted octanol–water partition coefficient (Wildman–Crippen LogP) is 40.0. The quantitative estimate of drug-likeness (QED) is 0.0232. The molecule has 18 aromatic rings. The van der Waals surface area contributed by atoms with Crippen LogP contribution in [0, 0.1) is 29.2 Å². The Morgan fingerprint density at radius 3 is 1.37 bits per heavy atom. The van der Waals surface area contributed by atoms with Gasteiger partial charge in [-0.3, -0.25) is 0 Å². The monoisotopic (exact) mass is 2000 g/mol. The van der Waals surface area contributed by atoms with Crippen molar-refractivity contribution in [2.75, 3.05) is 7.11 Å². The third kappa shape index (κ3) is 22.6. The van der Waals surface area contributed by atoms with Gasteiger partial charge >= 0.3 is 12.4 Å². The molecule has 0 spiro atoms. The lowest BCUT2D eigenvalue weighted by Crippen LogP contribution is -2.44. The molecule has 1 aliphatic carbocycles. The van der Waals surface area contributed by atoms with Gasteiger partial charge in [0.2, 0.25) is 0 Å². The van der Waals surface area contributed by atoms with Crippen LogP contribution >= 0.6 is 11.6 Å². The maximum Gasteiger partial charge on any atom is 0.416 e. The van der Waals surface area contributed by atoms with E-state index >= 15 is 43.9 Å². The van der Waals surface area contributed by atoms with Crippen molar-refractivity contribution in [3.8, 4) is 89.0 Å². The van der Waals surface area contributed by atoms with Crippen molar-refractivity contribution in [3.63, 3.8) is 0 Å². The minimum atomic E-state index is -5.20. The fourth-order valence-electron chi connectivity index (χ4n) is 21.1. The largest absolute Gasteiger partial charge is 0.416 e. The summed E-state index contributed by atoms with van der Waals surface area (Å²) in [7, 11) is 1.66. The molecule has 0 saturated heterocycles. The second-order valence-corrected chi connectivity index (χ2v) is 38.9. The summed E-state index contributed by atoms with van der Waals surface area (Å²) < 4.78 is 166. The van der Waals surface area contributed by atoms with E-state index in [2.05, 4.69) is 234 Å². The molecule has 0 heterocycles. The number of benzene rings is 18. The molecular weight excluding hydrogens is 1900 g/mol. The van der Waals surface area contributed by atoms with Gasteiger partial charge in [-0.25, -0.2) is 17.6 Å². The average molecular weight is 2010 g/mol. The normalized spacial score (nSPS) is 14.1. The molecule has 0 bridgehead atoms. The first kappa shape index (κ1) is 102. The zero-order valence-corrected chi connectivity index (χ0v) is 84.1. The highest BCUT2D eigenvalue weighted by Gasteiger charge is 2.56. The zero-order valence-electron chi connectivity index (χ0n) is 83.3. The number of allylic oxidation sites excluding steroid dienone is 6. The van der Waals surface area contributed by atoms with E-state index in [1.807, 2.05) is 158 Å². The first-order chi connectivity index (χ1) is 72.8. The van der Waals surface area contributed by atoms with Gasteiger partial charge in [-0.15, -0.1) is 0 Å². The first-order valence-corrected chi connectivity index (χ1v) is 50.9. The Morgan fingerprint density at radius 2 is 0.800 bits per heavy atom. The predicted molar refractivity (Wildman–Crippen MR) is 603 cm³/mol. The number of rotatable bonds is 32. The average Bonchev–Trinajstić information content (AvgIpc) is 0.672. The van der Waals surface area contributed by atoms with Crippen LogP contribution in [0.4, 0.5) is 43.9 Å². The summed E-state index contributed by atoms with van der Waals surface area (Å²) in [6.07, 6.45) is 12.0. The molecule has 12 heteroatoms. The Kier molecular flexibility index (Phi) is 31.1. The van der Waals surface area contributed by atoms with Gasteiger partial charge in [0.05, 0.1) is 17.7 Å². The van der Waals surface area contributed by atoms with Crippen molar-refractivity contribution in [3.05, 3.63) is 566 Å². The SMILES string of the molecule is C=C(c1ccc(C2=C(c3ccc(-c4cccc(F)c4)cc3F)C(c3ccc(-c4ccccc4COC)cc3)(C(C)C)C(c3c(-c4ccc(/C=C/CCCCCC)cc4)c(-c4ccc(/C=C/c5cccc(F)c5)cc4)cc(-c4ccc(-c5ccccc5F)cc4)c3-c3ccc(-c4ccc(Cl)cc4)cc3)C(c3ccc(/C=C/Cc4ccccc4)cc3)=C2c2ccc(/C=C/c3ccccc3)cc2)cc1)c1cc(C(F)(F)F)cc(C(F)(F)F)c1. The van der Waals surface area contributed by atoms with E-state index < -0.39 is 63.7 Å². The molecule has 1 nitrogen and oxygen atoms in total. The van der Waals surface area contributed by atoms with Gasteiger partial charge < -0.3 is 4.74 Å². The van der Waals surface area contributed by atoms with Crippen molar-refractivity contribution in [1.29, 1.82) is 0 Å².